The Hall–Kier alpha value is -4.86. The third kappa shape index (κ3) is 8.69. The van der Waals surface area contributed by atoms with Crippen molar-refractivity contribution in [1.29, 1.82) is 0 Å². The molecule has 53 heavy (non-hydrogen) atoms. The minimum Gasteiger partial charge on any atom is -0.346 e. The first-order valence-electron chi connectivity index (χ1n) is 18.7. The summed E-state index contributed by atoms with van der Waals surface area (Å²) in [5.41, 5.74) is 1.55. The van der Waals surface area contributed by atoms with E-state index in [1.165, 1.54) is 6.08 Å². The minimum atomic E-state index is -1.18. The van der Waals surface area contributed by atoms with E-state index in [2.05, 4.69) is 52.9 Å². The molecule has 1 aromatic rings. The van der Waals surface area contributed by atoms with E-state index in [0.29, 0.717) is 39.0 Å². The number of urea groups is 2. The summed E-state index contributed by atoms with van der Waals surface area (Å²) in [6.07, 6.45) is 9.07. The van der Waals surface area contributed by atoms with E-state index < -0.39 is 53.2 Å². The summed E-state index contributed by atoms with van der Waals surface area (Å²) in [4.78, 5) is 84.6. The van der Waals surface area contributed by atoms with Crippen LogP contribution in [0.2, 0.25) is 0 Å². The van der Waals surface area contributed by atoms with Gasteiger partial charge in [-0.1, -0.05) is 65.0 Å². The smallest absolute Gasteiger partial charge is 0.317 e. The Morgan fingerprint density at radius 3 is 2.38 bits per heavy atom. The first-order chi connectivity index (χ1) is 25.1. The highest BCUT2D eigenvalue weighted by Gasteiger charge is 2.70. The van der Waals surface area contributed by atoms with Gasteiger partial charge in [-0.25, -0.2) is 9.59 Å². The predicted octanol–water partition coefficient (Wildman–Crippen LogP) is 2.15. The number of fused-ring (bicyclic) bond motifs is 2. The van der Waals surface area contributed by atoms with Crippen molar-refractivity contribution in [3.63, 3.8) is 0 Å². The Balaban J connectivity index is 1.39. The van der Waals surface area contributed by atoms with Crippen LogP contribution in [-0.4, -0.2) is 102 Å². The third-order valence-electron chi connectivity index (χ3n) is 11.6. The fraction of sp³-hybridized carbons (Fsp3) is 0.600. The number of hydrogen-bond acceptors (Lipinski definition) is 6. The molecular weight excluding hydrogens is 674 g/mol. The molecule has 5 N–H and O–H groups in total. The maximum atomic E-state index is 14.8. The highest BCUT2D eigenvalue weighted by Crippen LogP contribution is 2.65. The Morgan fingerprint density at radius 2 is 1.77 bits per heavy atom. The van der Waals surface area contributed by atoms with Crippen molar-refractivity contribution in [1.82, 2.24) is 36.4 Å². The average Bonchev–Trinajstić information content (AvgIpc) is 3.47. The molecule has 0 aromatic heterocycles. The monoisotopic (exact) mass is 729 g/mol. The quantitative estimate of drug-likeness (QED) is 0.112. The van der Waals surface area contributed by atoms with Gasteiger partial charge in [-0.3, -0.25) is 19.2 Å². The molecule has 7 amide bonds. The molecule has 6 atom stereocenters. The molecule has 0 radical (unpaired) electrons. The number of ketones is 1. The second-order valence-corrected chi connectivity index (χ2v) is 16.5. The van der Waals surface area contributed by atoms with Gasteiger partial charge < -0.3 is 36.4 Å². The second-order valence-electron chi connectivity index (χ2n) is 16.5. The van der Waals surface area contributed by atoms with Gasteiger partial charge in [0.05, 0.1) is 12.1 Å². The van der Waals surface area contributed by atoms with Gasteiger partial charge in [0.2, 0.25) is 17.6 Å². The van der Waals surface area contributed by atoms with Crippen LogP contribution in [-0.2, 0) is 32.0 Å². The number of hydrogen-bond donors (Lipinski definition) is 5. The van der Waals surface area contributed by atoms with Gasteiger partial charge in [0, 0.05) is 39.1 Å². The summed E-state index contributed by atoms with van der Waals surface area (Å²) in [7, 11) is 0. The number of amides is 7. The largest absolute Gasteiger partial charge is 0.346 e. The Morgan fingerprint density at radius 1 is 1.09 bits per heavy atom. The van der Waals surface area contributed by atoms with Crippen LogP contribution in [0.1, 0.15) is 65.0 Å². The number of piperidine rings is 1. The van der Waals surface area contributed by atoms with Gasteiger partial charge in [-0.15, -0.1) is 18.9 Å². The lowest BCUT2D eigenvalue weighted by Crippen LogP contribution is -2.62. The van der Waals surface area contributed by atoms with Gasteiger partial charge in [-0.2, -0.15) is 0 Å². The molecule has 2 saturated heterocycles. The zero-order valence-electron chi connectivity index (χ0n) is 31.6. The lowest BCUT2D eigenvalue weighted by molar-refractivity contribution is -0.144. The molecule has 0 bridgehead atoms. The van der Waals surface area contributed by atoms with E-state index in [-0.39, 0.29) is 54.5 Å². The van der Waals surface area contributed by atoms with Crippen LogP contribution in [0.5, 0.6) is 0 Å². The molecule has 1 saturated carbocycles. The van der Waals surface area contributed by atoms with Crippen molar-refractivity contribution in [2.45, 2.75) is 90.9 Å². The van der Waals surface area contributed by atoms with Crippen molar-refractivity contribution in [2.24, 2.45) is 28.6 Å². The summed E-state index contributed by atoms with van der Waals surface area (Å²) >= 11 is 0. The number of likely N-dealkylation sites (tertiary alicyclic amines) is 1. The van der Waals surface area contributed by atoms with Gasteiger partial charge in [-0.05, 0) is 65.4 Å². The van der Waals surface area contributed by atoms with Crippen LogP contribution in [0.25, 0.3) is 0 Å². The summed E-state index contributed by atoms with van der Waals surface area (Å²) < 4.78 is 0. The summed E-state index contributed by atoms with van der Waals surface area (Å²) in [5, 5.41) is 14.2. The molecule has 0 spiro atoms. The predicted molar refractivity (Wildman–Crippen MR) is 200 cm³/mol. The van der Waals surface area contributed by atoms with Crippen LogP contribution in [0.3, 0.4) is 0 Å². The Labute approximate surface area is 312 Å². The normalized spacial score (nSPS) is 23.2. The Bertz CT molecular complexity index is 1640. The highest BCUT2D eigenvalue weighted by atomic mass is 16.2. The van der Waals surface area contributed by atoms with Gasteiger partial charge >= 0.3 is 12.1 Å². The van der Waals surface area contributed by atoms with Crippen molar-refractivity contribution < 1.29 is 28.8 Å². The van der Waals surface area contributed by atoms with E-state index in [1.54, 1.807) is 9.80 Å². The van der Waals surface area contributed by atoms with Crippen LogP contribution in [0.4, 0.5) is 9.59 Å². The zero-order chi connectivity index (χ0) is 38.7. The first-order valence-corrected chi connectivity index (χ1v) is 18.7. The molecular formula is C40H55N7O6. The number of nitrogens with zero attached hydrogens (tertiary/aromatic N) is 2. The van der Waals surface area contributed by atoms with Crippen molar-refractivity contribution in [3.8, 4) is 12.3 Å². The number of carbonyl (C=O) groups excluding carboxylic acids is 6. The third-order valence-corrected chi connectivity index (χ3v) is 11.6. The molecule has 1 unspecified atom stereocenters. The molecule has 2 aliphatic carbocycles. The van der Waals surface area contributed by atoms with Crippen LogP contribution >= 0.6 is 0 Å². The van der Waals surface area contributed by atoms with Crippen LogP contribution in [0, 0.1) is 40.9 Å². The van der Waals surface area contributed by atoms with Crippen LogP contribution < -0.4 is 26.6 Å². The van der Waals surface area contributed by atoms with Gasteiger partial charge in [0.1, 0.15) is 12.1 Å². The molecule has 1 aromatic carbocycles. The van der Waals surface area contributed by atoms with Crippen molar-refractivity contribution in [3.05, 3.63) is 48.0 Å². The van der Waals surface area contributed by atoms with Crippen LogP contribution in [0.15, 0.2) is 36.9 Å². The second kappa shape index (κ2) is 16.0. The maximum Gasteiger partial charge on any atom is 0.317 e. The van der Waals surface area contributed by atoms with E-state index in [4.69, 9.17) is 6.42 Å². The molecule has 4 aliphatic rings. The summed E-state index contributed by atoms with van der Waals surface area (Å²) in [6, 6.07) is 3.75. The highest BCUT2D eigenvalue weighted by molar-refractivity contribution is 6.38. The molecule has 3 fully saturated rings. The van der Waals surface area contributed by atoms with Gasteiger partial charge in [0.25, 0.3) is 5.91 Å². The zero-order valence-corrected chi connectivity index (χ0v) is 31.6. The SMILES string of the molecule is C#CCCC(NC(=O)[C@@H]1[C@@H]2[C@H](CN1C(=O)[C@@H](NC(=O)N[C@H](CN1CCCNC1=O)C(C)(C)C)C1Cc3ccccc3C1)C2(C)C)C(=O)C(=O)NCC=C. The molecule has 13 heteroatoms. The average molecular weight is 730 g/mol. The number of nitrogens with one attached hydrogen (secondary N) is 5. The van der Waals surface area contributed by atoms with Crippen molar-refractivity contribution >= 4 is 35.6 Å². The standard InChI is InChI=1S/C40H55N7O6/c1-8-10-16-28(33(48)35(50)41-17-9-2)43-34(49)32-30-27(40(30,6)7)22-47(32)36(51)31(26-20-24-14-11-12-15-25(24)21-26)45-37(52)44-29(39(3,4)5)23-46-19-13-18-42-38(46)53/h1,9,11-12,14-15,26-32H,2,10,13,16-23H2,3-7H3,(H,41,50)(H,42,53)(H,43,49)(H2,44,45,52)/t27-,28?,29+,30-,31-,32-/m0/s1. The van der Waals surface area contributed by atoms with E-state index in [1.807, 2.05) is 45.0 Å². The number of terminal acetylenes is 1. The topological polar surface area (TPSA) is 169 Å². The molecule has 286 valence electrons. The van der Waals surface area contributed by atoms with E-state index >= 15 is 0 Å². The first kappa shape index (κ1) is 39.3. The number of benzene rings is 1. The number of carbonyl (C=O) groups is 6. The van der Waals surface area contributed by atoms with Crippen molar-refractivity contribution in [2.75, 3.05) is 32.7 Å². The summed E-state index contributed by atoms with van der Waals surface area (Å²) in [5.74, 6) is -0.547. The fourth-order valence-electron chi connectivity index (χ4n) is 8.32. The lowest BCUT2D eigenvalue weighted by Gasteiger charge is -2.38. The molecule has 5 rings (SSSR count). The molecule has 2 heterocycles. The fourth-order valence-corrected chi connectivity index (χ4v) is 8.32. The molecule has 2 aliphatic heterocycles. The molecule has 13 nitrogen and oxygen atoms in total. The maximum absolute atomic E-state index is 14.8. The summed E-state index contributed by atoms with van der Waals surface area (Å²) in [6.45, 7) is 15.5. The number of rotatable bonds is 14. The van der Waals surface area contributed by atoms with E-state index in [9.17, 15) is 28.8 Å². The number of Topliss-reactive ketones (excluding diaryl/α,β-unsaturated/α-hetero) is 1. The Kier molecular flexibility index (Phi) is 11.9. The minimum absolute atomic E-state index is 0.0363. The lowest BCUT2D eigenvalue weighted by atomic mass is 9.86. The van der Waals surface area contributed by atoms with Gasteiger partial charge in [0.15, 0.2) is 0 Å². The van der Waals surface area contributed by atoms with E-state index in [0.717, 1.165) is 17.5 Å².